The monoisotopic (exact) mass is 368 g/mol. The molecule has 1 aliphatic carbocycles. The minimum Gasteiger partial charge on any atom is -0.260 e. The Morgan fingerprint density at radius 2 is 1.59 bits per heavy atom. The molecule has 0 radical (unpaired) electrons. The zero-order valence-corrected chi connectivity index (χ0v) is 16.0. The Morgan fingerprint density at radius 1 is 0.815 bits per heavy atom. The number of pyridine rings is 2. The number of benzene rings is 1. The molecule has 2 aromatic heterocycles. The Labute approximate surface area is 161 Å². The number of nitrogens with zero attached hydrogens (tertiary/aromatic N) is 2. The van der Waals surface area contributed by atoms with Crippen molar-refractivity contribution < 1.29 is 0 Å². The molecule has 0 saturated carbocycles. The fraction of sp³-hybridized carbons (Fsp3) is 0.167. The van der Waals surface area contributed by atoms with Crippen LogP contribution in [0.1, 0.15) is 36.3 Å². The molecule has 0 N–H and O–H groups in total. The number of hydrogen-bond donors (Lipinski definition) is 0. The summed E-state index contributed by atoms with van der Waals surface area (Å²) in [5.41, 5.74) is 5.66. The predicted octanol–water partition coefficient (Wildman–Crippen LogP) is 5.86. The molecule has 5 rings (SSSR count). The summed E-state index contributed by atoms with van der Waals surface area (Å²) in [5, 5.41) is 2.87. The molecule has 132 valence electrons. The van der Waals surface area contributed by atoms with Crippen LogP contribution in [0.2, 0.25) is 0 Å². The first-order chi connectivity index (χ1) is 13.4. The molecule has 3 aromatic rings. The molecule has 0 bridgehead atoms. The summed E-state index contributed by atoms with van der Waals surface area (Å²) in [4.78, 5) is 9.55. The van der Waals surface area contributed by atoms with Crippen LogP contribution in [0.25, 0.3) is 5.31 Å². The second-order valence-corrected chi connectivity index (χ2v) is 9.18. The zero-order chi connectivity index (χ0) is 18.1. The van der Waals surface area contributed by atoms with E-state index in [1.165, 1.54) is 33.9 Å². The van der Waals surface area contributed by atoms with Gasteiger partial charge in [0.1, 0.15) is 0 Å². The van der Waals surface area contributed by atoms with Gasteiger partial charge in [-0.3, -0.25) is 9.97 Å². The topological polar surface area (TPSA) is 25.8 Å². The van der Waals surface area contributed by atoms with E-state index in [9.17, 15) is 0 Å². The van der Waals surface area contributed by atoms with E-state index in [0.29, 0.717) is 5.66 Å². The number of allylic oxidation sites excluding steroid dienone is 3. The molecular weight excluding hydrogens is 347 g/mol. The number of hydrogen-bond acceptors (Lipinski definition) is 2. The van der Waals surface area contributed by atoms with Crippen LogP contribution in [-0.4, -0.2) is 9.97 Å². The highest BCUT2D eigenvalue weighted by Crippen LogP contribution is 2.71. The third kappa shape index (κ3) is 2.95. The van der Waals surface area contributed by atoms with Crippen molar-refractivity contribution in [3.63, 3.8) is 0 Å². The van der Waals surface area contributed by atoms with Crippen molar-refractivity contribution in [2.24, 2.45) is 0 Å². The lowest BCUT2D eigenvalue weighted by Crippen LogP contribution is -2.08. The van der Waals surface area contributed by atoms with Crippen molar-refractivity contribution >= 4 is 18.5 Å². The normalized spacial score (nSPS) is 21.7. The quantitative estimate of drug-likeness (QED) is 0.541. The average molecular weight is 368 g/mol. The average Bonchev–Trinajstić information content (AvgIpc) is 3.11. The molecule has 0 saturated heterocycles. The lowest BCUT2D eigenvalue weighted by molar-refractivity contribution is 0.791. The van der Waals surface area contributed by atoms with E-state index >= 15 is 0 Å². The number of fused-ring (bicyclic) bond motifs is 1. The van der Waals surface area contributed by atoms with Gasteiger partial charge in [0, 0.05) is 17.7 Å². The minimum atomic E-state index is -0.584. The van der Waals surface area contributed by atoms with E-state index in [1.54, 1.807) is 0 Å². The van der Waals surface area contributed by atoms with Gasteiger partial charge in [-0.25, -0.2) is 0 Å². The molecule has 0 fully saturated rings. The van der Waals surface area contributed by atoms with Crippen LogP contribution in [0, 0.1) is 0 Å². The van der Waals surface area contributed by atoms with Gasteiger partial charge >= 0.3 is 0 Å². The Balaban J connectivity index is 1.76. The third-order valence-corrected chi connectivity index (χ3v) is 8.23. The first kappa shape index (κ1) is 16.6. The van der Waals surface area contributed by atoms with E-state index in [4.69, 9.17) is 9.97 Å². The molecule has 3 heterocycles. The van der Waals surface area contributed by atoms with Crippen LogP contribution in [-0.2, 0) is 0 Å². The number of rotatable bonds is 3. The Hall–Kier alpha value is -2.57. The SMILES string of the molecule is C1=C2C(=C(c3ccccn3)P(c3ccccc3)[C@@H]2c2ccccn2)CCC1. The van der Waals surface area contributed by atoms with Crippen LogP contribution >= 0.6 is 7.92 Å². The van der Waals surface area contributed by atoms with Gasteiger partial charge in [-0.2, -0.15) is 0 Å². The largest absolute Gasteiger partial charge is 0.260 e. The molecule has 3 heteroatoms. The van der Waals surface area contributed by atoms with Gasteiger partial charge in [0.05, 0.1) is 17.0 Å². The standard InChI is InChI=1S/C24H21N2P/c1-2-10-18(11-3-1)27-23(21-14-6-8-16-25-21)19-12-4-5-13-20(19)24(27)22-15-7-9-17-26-22/h1-3,6-12,14-17,23H,4-5,13H2/t23-,27?/m0/s1. The van der Waals surface area contributed by atoms with Crippen LogP contribution in [0.5, 0.6) is 0 Å². The van der Waals surface area contributed by atoms with E-state index in [-0.39, 0.29) is 0 Å². The van der Waals surface area contributed by atoms with Gasteiger partial charge in [0.15, 0.2) is 0 Å². The van der Waals surface area contributed by atoms with Gasteiger partial charge in [0.2, 0.25) is 0 Å². The second kappa shape index (κ2) is 7.21. The summed E-state index contributed by atoms with van der Waals surface area (Å²) < 4.78 is 0. The molecule has 0 amide bonds. The molecule has 0 spiro atoms. The van der Waals surface area contributed by atoms with Crippen LogP contribution < -0.4 is 5.30 Å². The molecule has 2 nitrogen and oxygen atoms in total. The summed E-state index contributed by atoms with van der Waals surface area (Å²) in [6, 6.07) is 23.6. The summed E-state index contributed by atoms with van der Waals surface area (Å²) in [5.74, 6) is 0. The third-order valence-electron chi connectivity index (χ3n) is 5.33. The second-order valence-electron chi connectivity index (χ2n) is 6.96. The van der Waals surface area contributed by atoms with Crippen molar-refractivity contribution in [1.29, 1.82) is 0 Å². The molecule has 1 aromatic carbocycles. The summed E-state index contributed by atoms with van der Waals surface area (Å²) in [7, 11) is -0.584. The first-order valence-electron chi connectivity index (χ1n) is 9.53. The Morgan fingerprint density at radius 3 is 2.33 bits per heavy atom. The summed E-state index contributed by atoms with van der Waals surface area (Å²) in [6.45, 7) is 0. The van der Waals surface area contributed by atoms with Crippen LogP contribution in [0.4, 0.5) is 0 Å². The minimum absolute atomic E-state index is 0.330. The maximum Gasteiger partial charge on any atom is 0.0712 e. The molecule has 1 unspecified atom stereocenters. The molecule has 2 aliphatic rings. The maximum atomic E-state index is 4.78. The van der Waals surface area contributed by atoms with Crippen molar-refractivity contribution in [3.05, 3.63) is 108 Å². The molecular formula is C24H21N2P. The van der Waals surface area contributed by atoms with Gasteiger partial charge in [-0.05, 0) is 67.9 Å². The van der Waals surface area contributed by atoms with E-state index in [1.807, 2.05) is 24.5 Å². The van der Waals surface area contributed by atoms with E-state index in [0.717, 1.165) is 18.5 Å². The predicted molar refractivity (Wildman–Crippen MR) is 113 cm³/mol. The van der Waals surface area contributed by atoms with E-state index in [2.05, 4.69) is 60.7 Å². The maximum absolute atomic E-state index is 4.78. The first-order valence-corrected chi connectivity index (χ1v) is 10.9. The van der Waals surface area contributed by atoms with Crippen LogP contribution in [0.3, 0.4) is 0 Å². The highest BCUT2D eigenvalue weighted by molar-refractivity contribution is 7.76. The lowest BCUT2D eigenvalue weighted by Gasteiger charge is -2.24. The summed E-state index contributed by atoms with van der Waals surface area (Å²) >= 11 is 0. The summed E-state index contributed by atoms with van der Waals surface area (Å²) in [6.07, 6.45) is 9.84. The van der Waals surface area contributed by atoms with Gasteiger partial charge in [0.25, 0.3) is 0 Å². The Bertz CT molecular complexity index is 994. The highest BCUT2D eigenvalue weighted by Gasteiger charge is 2.42. The van der Waals surface area contributed by atoms with Crippen molar-refractivity contribution in [2.75, 3.05) is 0 Å². The highest BCUT2D eigenvalue weighted by atomic mass is 31.1. The fourth-order valence-corrected chi connectivity index (χ4v) is 7.40. The van der Waals surface area contributed by atoms with Gasteiger partial charge in [-0.15, -0.1) is 0 Å². The number of aromatic nitrogens is 2. The smallest absolute Gasteiger partial charge is 0.0712 e. The fourth-order valence-electron chi connectivity index (χ4n) is 4.23. The molecule has 1 aliphatic heterocycles. The molecule has 2 atom stereocenters. The Kier molecular flexibility index (Phi) is 4.43. The van der Waals surface area contributed by atoms with Gasteiger partial charge in [-0.1, -0.05) is 48.5 Å². The van der Waals surface area contributed by atoms with Crippen molar-refractivity contribution in [1.82, 2.24) is 9.97 Å². The van der Waals surface area contributed by atoms with Crippen molar-refractivity contribution in [2.45, 2.75) is 24.9 Å². The van der Waals surface area contributed by atoms with Crippen molar-refractivity contribution in [3.8, 4) is 0 Å². The van der Waals surface area contributed by atoms with Crippen LogP contribution in [0.15, 0.2) is 96.3 Å². The van der Waals surface area contributed by atoms with Gasteiger partial charge < -0.3 is 0 Å². The van der Waals surface area contributed by atoms with E-state index < -0.39 is 7.92 Å². The zero-order valence-electron chi connectivity index (χ0n) is 15.1. The molecule has 27 heavy (non-hydrogen) atoms. The lowest BCUT2D eigenvalue weighted by atomic mass is 9.89.